The number of anilines is 1. The molecule has 0 aliphatic heterocycles. The average Bonchev–Trinajstić information content (AvgIpc) is 3.57. The van der Waals surface area contributed by atoms with Gasteiger partial charge in [0.1, 0.15) is 10.8 Å². The van der Waals surface area contributed by atoms with E-state index < -0.39 is 0 Å². The van der Waals surface area contributed by atoms with Gasteiger partial charge in [-0.2, -0.15) is 10.2 Å². The van der Waals surface area contributed by atoms with Gasteiger partial charge in [0.05, 0.1) is 23.2 Å². The smallest absolute Gasteiger partial charge is 0.270 e. The molecule has 180 valence electrons. The van der Waals surface area contributed by atoms with E-state index in [1.165, 1.54) is 10.7 Å². The molecule has 9 nitrogen and oxygen atoms in total. The van der Waals surface area contributed by atoms with E-state index in [9.17, 15) is 9.18 Å². The number of fused-ring (bicyclic) bond motifs is 1. The molecular weight excluding hydrogens is 491 g/mol. The number of hydrazine groups is 1. The third-order valence-corrected chi connectivity index (χ3v) is 6.24. The van der Waals surface area contributed by atoms with Crippen molar-refractivity contribution in [3.63, 3.8) is 0 Å². The van der Waals surface area contributed by atoms with Gasteiger partial charge in [-0.05, 0) is 44.1 Å². The molecule has 1 saturated carbocycles. The fourth-order valence-electron chi connectivity index (χ4n) is 3.92. The maximum atomic E-state index is 13.9. The van der Waals surface area contributed by atoms with Crippen LogP contribution in [0, 0.1) is 12.7 Å². The lowest BCUT2D eigenvalue weighted by Gasteiger charge is -2.12. The number of aromatic nitrogens is 5. The van der Waals surface area contributed by atoms with E-state index >= 15 is 0 Å². The number of benzene rings is 1. The predicted octanol–water partition coefficient (Wildman–Crippen LogP) is 3.82. The third kappa shape index (κ3) is 4.82. The number of pyridine rings is 1. The molecule has 5 rings (SSSR count). The summed E-state index contributed by atoms with van der Waals surface area (Å²) in [5.74, 6) is -0.0400. The Morgan fingerprint density at radius 1 is 1.26 bits per heavy atom. The van der Waals surface area contributed by atoms with Crippen molar-refractivity contribution in [3.8, 4) is 0 Å². The number of halogens is 2. The van der Waals surface area contributed by atoms with E-state index in [4.69, 9.17) is 28.8 Å². The first-order valence-corrected chi connectivity index (χ1v) is 11.8. The Labute approximate surface area is 210 Å². The Morgan fingerprint density at radius 3 is 2.77 bits per heavy atom. The van der Waals surface area contributed by atoms with Crippen LogP contribution in [0.3, 0.4) is 0 Å². The molecule has 12 heteroatoms. The van der Waals surface area contributed by atoms with Crippen LogP contribution in [0.4, 0.5) is 10.2 Å². The molecule has 0 spiro atoms. The summed E-state index contributed by atoms with van der Waals surface area (Å²) < 4.78 is 17.1. The zero-order valence-electron chi connectivity index (χ0n) is 19.0. The van der Waals surface area contributed by atoms with Crippen molar-refractivity contribution in [3.05, 3.63) is 69.9 Å². The van der Waals surface area contributed by atoms with E-state index in [-0.39, 0.29) is 29.2 Å². The Kier molecular flexibility index (Phi) is 6.12. The van der Waals surface area contributed by atoms with E-state index in [2.05, 4.69) is 26.4 Å². The van der Waals surface area contributed by atoms with Gasteiger partial charge in [-0.3, -0.25) is 25.0 Å². The Bertz CT molecular complexity index is 1460. The molecule has 0 radical (unpaired) electrons. The highest BCUT2D eigenvalue weighted by Gasteiger charge is 2.28. The Hall–Kier alpha value is -3.57. The number of hydrogen-bond acceptors (Lipinski definition) is 5. The molecule has 0 saturated heterocycles. The molecule has 1 aliphatic carbocycles. The molecule has 0 bridgehead atoms. The van der Waals surface area contributed by atoms with E-state index in [0.717, 1.165) is 24.2 Å². The average molecular weight is 513 g/mol. The Balaban J connectivity index is 1.27. The first kappa shape index (κ1) is 23.2. The van der Waals surface area contributed by atoms with E-state index in [0.29, 0.717) is 33.1 Å². The highest BCUT2D eigenvalue weighted by Crippen LogP contribution is 2.40. The number of thiocarbonyl (C=S) groups is 1. The highest BCUT2D eigenvalue weighted by molar-refractivity contribution is 7.80. The van der Waals surface area contributed by atoms with Crippen molar-refractivity contribution in [2.24, 2.45) is 7.05 Å². The second-order valence-corrected chi connectivity index (χ2v) is 9.24. The number of carbonyl (C=O) groups is 1. The van der Waals surface area contributed by atoms with Crippen LogP contribution in [-0.2, 0) is 13.6 Å². The molecule has 1 fully saturated rings. The summed E-state index contributed by atoms with van der Waals surface area (Å²) in [7, 11) is 1.81. The van der Waals surface area contributed by atoms with Crippen LogP contribution in [-0.4, -0.2) is 35.6 Å². The normalized spacial score (nSPS) is 13.1. The second-order valence-electron chi connectivity index (χ2n) is 8.42. The largest absolute Gasteiger partial charge is 0.313 e. The quantitative estimate of drug-likeness (QED) is 0.276. The van der Waals surface area contributed by atoms with Gasteiger partial charge in [-0.25, -0.2) is 9.37 Å². The van der Waals surface area contributed by atoms with Crippen LogP contribution in [0.2, 0.25) is 5.02 Å². The van der Waals surface area contributed by atoms with Crippen molar-refractivity contribution in [1.82, 2.24) is 35.4 Å². The van der Waals surface area contributed by atoms with Crippen molar-refractivity contribution in [2.45, 2.75) is 32.2 Å². The van der Waals surface area contributed by atoms with Gasteiger partial charge in [-0.1, -0.05) is 29.8 Å². The maximum Gasteiger partial charge on any atom is 0.270 e. The SMILES string of the molecule is Cc1nn(C)c2nc(C3CC3)cc(C(=O)NNC(=S)Nc3nn(Cc4ccccc4F)cc3Cl)c12. The molecule has 0 atom stereocenters. The standard InChI is InChI=1S/C23H22ClFN8OS/c1-12-19-15(9-18(13-7-8-13)26-21(19)32(2)30-12)22(34)28-29-23(35)27-20-16(24)11-33(31-20)10-14-5-3-4-6-17(14)25/h3-6,9,11,13H,7-8,10H2,1-2H3,(H,28,34)(H2,27,29,31,35). The van der Waals surface area contributed by atoms with Gasteiger partial charge in [0, 0.05) is 30.4 Å². The minimum atomic E-state index is -0.365. The highest BCUT2D eigenvalue weighted by atomic mass is 35.5. The molecule has 1 amide bonds. The molecule has 0 unspecified atom stereocenters. The summed E-state index contributed by atoms with van der Waals surface area (Å²) in [4.78, 5) is 17.8. The molecular formula is C23H22ClFN8OS. The zero-order chi connectivity index (χ0) is 24.7. The minimum absolute atomic E-state index is 0.0898. The minimum Gasteiger partial charge on any atom is -0.313 e. The number of rotatable bonds is 5. The lowest BCUT2D eigenvalue weighted by molar-refractivity contribution is 0.0945. The van der Waals surface area contributed by atoms with Crippen LogP contribution in [0.1, 0.15) is 46.1 Å². The summed E-state index contributed by atoms with van der Waals surface area (Å²) in [5, 5.41) is 12.7. The van der Waals surface area contributed by atoms with E-state index in [1.54, 1.807) is 29.1 Å². The van der Waals surface area contributed by atoms with E-state index in [1.807, 2.05) is 20.0 Å². The number of aryl methyl sites for hydroxylation is 2. The molecule has 1 aliphatic rings. The topological polar surface area (TPSA) is 102 Å². The first-order valence-electron chi connectivity index (χ1n) is 11.0. The second kappa shape index (κ2) is 9.23. The molecule has 3 aromatic heterocycles. The number of hydrogen-bond donors (Lipinski definition) is 3. The van der Waals surface area contributed by atoms with Gasteiger partial charge in [-0.15, -0.1) is 0 Å². The lowest BCUT2D eigenvalue weighted by atomic mass is 10.1. The maximum absolute atomic E-state index is 13.9. The molecule has 1 aromatic carbocycles. The van der Waals surface area contributed by atoms with Gasteiger partial charge >= 0.3 is 0 Å². The third-order valence-electron chi connectivity index (χ3n) is 5.76. The number of nitrogens with one attached hydrogen (secondary N) is 3. The van der Waals surface area contributed by atoms with Crippen molar-refractivity contribution in [2.75, 3.05) is 5.32 Å². The van der Waals surface area contributed by atoms with Crippen LogP contribution in [0.25, 0.3) is 11.0 Å². The van der Waals surface area contributed by atoms with Gasteiger partial charge in [0.2, 0.25) is 0 Å². The molecule has 4 aromatic rings. The summed E-state index contributed by atoms with van der Waals surface area (Å²) >= 11 is 11.6. The lowest BCUT2D eigenvalue weighted by Crippen LogP contribution is -2.44. The van der Waals surface area contributed by atoms with Crippen LogP contribution in [0.15, 0.2) is 36.5 Å². The number of carbonyl (C=O) groups excluding carboxylic acids is 1. The van der Waals surface area contributed by atoms with Gasteiger partial charge < -0.3 is 5.32 Å². The molecule has 3 N–H and O–H groups in total. The summed E-state index contributed by atoms with van der Waals surface area (Å²) in [6, 6.07) is 8.26. The summed E-state index contributed by atoms with van der Waals surface area (Å²) in [6.07, 6.45) is 3.69. The molecule has 3 heterocycles. The fourth-order valence-corrected chi connectivity index (χ4v) is 4.26. The molecule has 35 heavy (non-hydrogen) atoms. The van der Waals surface area contributed by atoms with Gasteiger partial charge in [0.15, 0.2) is 16.6 Å². The van der Waals surface area contributed by atoms with Crippen molar-refractivity contribution in [1.29, 1.82) is 0 Å². The first-order chi connectivity index (χ1) is 16.8. The number of amides is 1. The zero-order valence-corrected chi connectivity index (χ0v) is 20.5. The number of nitrogens with zero attached hydrogens (tertiary/aromatic N) is 5. The van der Waals surface area contributed by atoms with Crippen LogP contribution in [0.5, 0.6) is 0 Å². The van der Waals surface area contributed by atoms with Crippen LogP contribution < -0.4 is 16.2 Å². The van der Waals surface area contributed by atoms with Crippen molar-refractivity contribution >= 4 is 51.7 Å². The predicted molar refractivity (Wildman–Crippen MR) is 135 cm³/mol. The monoisotopic (exact) mass is 512 g/mol. The Morgan fingerprint density at radius 2 is 2.03 bits per heavy atom. The summed E-state index contributed by atoms with van der Waals surface area (Å²) in [6.45, 7) is 2.05. The van der Waals surface area contributed by atoms with Gasteiger partial charge in [0.25, 0.3) is 5.91 Å². The summed E-state index contributed by atoms with van der Waals surface area (Å²) in [5.41, 5.74) is 8.54. The fraction of sp³-hybridized carbons (Fsp3) is 0.261. The van der Waals surface area contributed by atoms with Crippen molar-refractivity contribution < 1.29 is 9.18 Å². The van der Waals surface area contributed by atoms with Crippen LogP contribution >= 0.6 is 23.8 Å².